The van der Waals surface area contributed by atoms with Crippen LogP contribution in [0.5, 0.6) is 0 Å². The van der Waals surface area contributed by atoms with Crippen LogP contribution in [0.2, 0.25) is 0 Å². The second-order valence-corrected chi connectivity index (χ2v) is 5.88. The lowest BCUT2D eigenvalue weighted by Gasteiger charge is -2.14. The first-order valence-electron chi connectivity index (χ1n) is 7.97. The molecule has 0 radical (unpaired) electrons. The van der Waals surface area contributed by atoms with E-state index >= 15 is 0 Å². The Balaban J connectivity index is 1.99. The van der Waals surface area contributed by atoms with E-state index in [-0.39, 0.29) is 17.5 Å². The van der Waals surface area contributed by atoms with Gasteiger partial charge in [0.25, 0.3) is 0 Å². The summed E-state index contributed by atoms with van der Waals surface area (Å²) in [6.07, 6.45) is 4.96. The Bertz CT molecular complexity index is 591. The first-order chi connectivity index (χ1) is 11.5. The van der Waals surface area contributed by atoms with Crippen LogP contribution in [-0.4, -0.2) is 44.7 Å². The van der Waals surface area contributed by atoms with E-state index in [2.05, 4.69) is 25.9 Å². The van der Waals surface area contributed by atoms with Crippen LogP contribution in [0.25, 0.3) is 0 Å². The van der Waals surface area contributed by atoms with Crippen molar-refractivity contribution in [3.63, 3.8) is 0 Å². The second kappa shape index (κ2) is 8.27. The number of aromatic nitrogens is 2. The van der Waals surface area contributed by atoms with Crippen molar-refractivity contribution in [2.24, 2.45) is 0 Å². The molecule has 0 spiro atoms. The molecule has 0 aliphatic heterocycles. The Morgan fingerprint density at radius 1 is 1.50 bits per heavy atom. The standard InChI is InChI=1S/C14H22N6O4/c1-9(17-14(21)22)6-7-15-12-11(20(23)24)8-16-13(19-12)18-10-4-2-3-5-10/h8-10,17H,2-7H2,1H3,(H,21,22)(H2,15,16,18,19). The highest BCUT2D eigenvalue weighted by Gasteiger charge is 2.20. The highest BCUT2D eigenvalue weighted by molar-refractivity contribution is 5.64. The molecular formula is C14H22N6O4. The molecule has 1 heterocycles. The SMILES string of the molecule is CC(CCNc1nc(NC2CCCC2)ncc1[N+](=O)[O-])NC(=O)O. The van der Waals surface area contributed by atoms with Gasteiger partial charge in [0.15, 0.2) is 0 Å². The number of nitro groups is 1. The van der Waals surface area contributed by atoms with Crippen molar-refractivity contribution in [3.05, 3.63) is 16.3 Å². The van der Waals surface area contributed by atoms with E-state index in [9.17, 15) is 14.9 Å². The molecule has 0 saturated heterocycles. The van der Waals surface area contributed by atoms with Crippen molar-refractivity contribution in [3.8, 4) is 0 Å². The second-order valence-electron chi connectivity index (χ2n) is 5.88. The minimum Gasteiger partial charge on any atom is -0.465 e. The fourth-order valence-electron chi connectivity index (χ4n) is 2.65. The van der Waals surface area contributed by atoms with Crippen LogP contribution in [0.15, 0.2) is 6.20 Å². The zero-order valence-electron chi connectivity index (χ0n) is 13.5. The molecule has 4 N–H and O–H groups in total. The maximum absolute atomic E-state index is 11.1. The van der Waals surface area contributed by atoms with Crippen molar-refractivity contribution >= 4 is 23.5 Å². The Labute approximate surface area is 139 Å². The molecule has 10 heteroatoms. The molecule has 1 saturated carbocycles. The first-order valence-corrected chi connectivity index (χ1v) is 7.97. The van der Waals surface area contributed by atoms with Crippen LogP contribution >= 0.6 is 0 Å². The van der Waals surface area contributed by atoms with E-state index in [1.165, 1.54) is 6.20 Å². The normalized spacial score (nSPS) is 15.7. The third kappa shape index (κ3) is 5.21. The largest absolute Gasteiger partial charge is 0.465 e. The minimum absolute atomic E-state index is 0.137. The Kier molecular flexibility index (Phi) is 6.10. The monoisotopic (exact) mass is 338 g/mol. The zero-order chi connectivity index (χ0) is 17.5. The smallest absolute Gasteiger partial charge is 0.404 e. The number of nitrogens with one attached hydrogen (secondary N) is 3. The lowest BCUT2D eigenvalue weighted by atomic mass is 10.2. The van der Waals surface area contributed by atoms with Crippen molar-refractivity contribution in [1.82, 2.24) is 15.3 Å². The number of hydrogen-bond donors (Lipinski definition) is 4. The molecule has 1 amide bonds. The maximum atomic E-state index is 11.1. The Hall–Kier alpha value is -2.65. The summed E-state index contributed by atoms with van der Waals surface area (Å²) in [4.78, 5) is 29.3. The van der Waals surface area contributed by atoms with Gasteiger partial charge in [-0.3, -0.25) is 10.1 Å². The predicted octanol–water partition coefficient (Wildman–Crippen LogP) is 2.20. The van der Waals surface area contributed by atoms with Crippen LogP contribution in [-0.2, 0) is 0 Å². The molecule has 10 nitrogen and oxygen atoms in total. The van der Waals surface area contributed by atoms with Crippen LogP contribution in [0.1, 0.15) is 39.0 Å². The van der Waals surface area contributed by atoms with Gasteiger partial charge in [0, 0.05) is 18.6 Å². The maximum Gasteiger partial charge on any atom is 0.404 e. The third-order valence-electron chi connectivity index (χ3n) is 3.89. The van der Waals surface area contributed by atoms with Crippen LogP contribution in [0, 0.1) is 10.1 Å². The third-order valence-corrected chi connectivity index (χ3v) is 3.89. The molecule has 1 aromatic heterocycles. The van der Waals surface area contributed by atoms with E-state index in [0.717, 1.165) is 25.7 Å². The molecule has 132 valence electrons. The number of rotatable bonds is 8. The molecule has 1 fully saturated rings. The van der Waals surface area contributed by atoms with Crippen LogP contribution < -0.4 is 16.0 Å². The molecule has 0 bridgehead atoms. The van der Waals surface area contributed by atoms with E-state index in [0.29, 0.717) is 25.0 Å². The van der Waals surface area contributed by atoms with Crippen LogP contribution in [0.4, 0.5) is 22.2 Å². The van der Waals surface area contributed by atoms with E-state index in [1.807, 2.05) is 0 Å². The molecule has 0 aromatic carbocycles. The van der Waals surface area contributed by atoms with E-state index in [1.54, 1.807) is 6.92 Å². The highest BCUT2D eigenvalue weighted by Crippen LogP contribution is 2.25. The van der Waals surface area contributed by atoms with Crippen LogP contribution in [0.3, 0.4) is 0 Å². The molecule has 1 atom stereocenters. The number of amides is 1. The number of anilines is 2. The summed E-state index contributed by atoms with van der Waals surface area (Å²) in [5.41, 5.74) is -0.203. The van der Waals surface area contributed by atoms with Gasteiger partial charge in [-0.25, -0.2) is 9.78 Å². The summed E-state index contributed by atoms with van der Waals surface area (Å²) in [6.45, 7) is 2.07. The molecule has 1 aliphatic rings. The fourth-order valence-corrected chi connectivity index (χ4v) is 2.65. The molecular weight excluding hydrogens is 316 g/mol. The average molecular weight is 338 g/mol. The predicted molar refractivity (Wildman–Crippen MR) is 88.3 cm³/mol. The first kappa shape index (κ1) is 17.7. The topological polar surface area (TPSA) is 142 Å². The van der Waals surface area contributed by atoms with E-state index < -0.39 is 11.0 Å². The molecule has 1 unspecified atom stereocenters. The van der Waals surface area contributed by atoms with Gasteiger partial charge in [0.2, 0.25) is 11.8 Å². The highest BCUT2D eigenvalue weighted by atomic mass is 16.6. The summed E-state index contributed by atoms with van der Waals surface area (Å²) in [6, 6.07) is 0.0334. The fraction of sp³-hybridized carbons (Fsp3) is 0.643. The number of hydrogen-bond acceptors (Lipinski definition) is 7. The summed E-state index contributed by atoms with van der Waals surface area (Å²) in [7, 11) is 0. The Morgan fingerprint density at radius 2 is 2.21 bits per heavy atom. The van der Waals surface area contributed by atoms with E-state index in [4.69, 9.17) is 5.11 Å². The van der Waals surface area contributed by atoms with Crippen molar-refractivity contribution in [2.75, 3.05) is 17.2 Å². The van der Waals surface area contributed by atoms with Crippen molar-refractivity contribution in [2.45, 2.75) is 51.1 Å². The van der Waals surface area contributed by atoms with Gasteiger partial charge in [0.1, 0.15) is 6.20 Å². The quantitative estimate of drug-likeness (QED) is 0.417. The Morgan fingerprint density at radius 3 is 2.83 bits per heavy atom. The van der Waals surface area contributed by atoms with Gasteiger partial charge in [-0.1, -0.05) is 12.8 Å². The van der Waals surface area contributed by atoms with Gasteiger partial charge < -0.3 is 21.1 Å². The molecule has 2 rings (SSSR count). The lowest BCUT2D eigenvalue weighted by Crippen LogP contribution is -2.32. The summed E-state index contributed by atoms with van der Waals surface area (Å²) < 4.78 is 0. The minimum atomic E-state index is -1.10. The van der Waals surface area contributed by atoms with Gasteiger partial charge >= 0.3 is 11.8 Å². The van der Waals surface area contributed by atoms with Crippen molar-refractivity contribution < 1.29 is 14.8 Å². The average Bonchev–Trinajstić information content (AvgIpc) is 2.99. The summed E-state index contributed by atoms with van der Waals surface area (Å²) in [5.74, 6) is 0.504. The number of nitrogens with zero attached hydrogens (tertiary/aromatic N) is 3. The number of carbonyl (C=O) groups is 1. The van der Waals surface area contributed by atoms with Gasteiger partial charge in [-0.2, -0.15) is 4.98 Å². The van der Waals surface area contributed by atoms with Gasteiger partial charge in [-0.05, 0) is 26.2 Å². The molecule has 1 aromatic rings. The molecule has 24 heavy (non-hydrogen) atoms. The van der Waals surface area contributed by atoms with Crippen molar-refractivity contribution in [1.29, 1.82) is 0 Å². The number of carboxylic acid groups (broad SMARTS) is 1. The molecule has 1 aliphatic carbocycles. The summed E-state index contributed by atoms with van der Waals surface area (Å²) >= 11 is 0. The lowest BCUT2D eigenvalue weighted by molar-refractivity contribution is -0.384. The van der Waals surface area contributed by atoms with Gasteiger partial charge in [0.05, 0.1) is 4.92 Å². The van der Waals surface area contributed by atoms with Gasteiger partial charge in [-0.15, -0.1) is 0 Å². The summed E-state index contributed by atoms with van der Waals surface area (Å²) in [5, 5.41) is 28.2. The zero-order valence-corrected chi connectivity index (χ0v) is 13.5.